The Balaban J connectivity index is 1.58. The van der Waals surface area contributed by atoms with Gasteiger partial charge < -0.3 is 14.8 Å². The normalized spacial score (nSPS) is 11.2. The maximum absolute atomic E-state index is 12.5. The highest BCUT2D eigenvalue weighted by atomic mass is 32.2. The molecule has 3 aromatic carbocycles. The van der Waals surface area contributed by atoms with Crippen molar-refractivity contribution in [3.05, 3.63) is 84.4 Å². The lowest BCUT2D eigenvalue weighted by molar-refractivity contribution is -0.118. The summed E-state index contributed by atoms with van der Waals surface area (Å²) in [5.74, 6) is 0.832. The van der Waals surface area contributed by atoms with Crippen LogP contribution in [0.25, 0.3) is 0 Å². The Hall–Kier alpha value is -3.43. The summed E-state index contributed by atoms with van der Waals surface area (Å²) in [6.45, 7) is 2.26. The molecular formula is C25H24N2O3S. The lowest BCUT2D eigenvalue weighted by atomic mass is 10.2. The monoisotopic (exact) mass is 432 g/mol. The molecule has 1 N–H and O–H groups in total. The molecule has 3 aromatic rings. The van der Waals surface area contributed by atoms with E-state index in [1.165, 1.54) is 0 Å². The van der Waals surface area contributed by atoms with E-state index in [9.17, 15) is 4.79 Å². The van der Waals surface area contributed by atoms with Crippen LogP contribution in [0, 0.1) is 11.3 Å². The van der Waals surface area contributed by atoms with Crippen LogP contribution in [0.15, 0.2) is 83.8 Å². The van der Waals surface area contributed by atoms with E-state index < -0.39 is 0 Å². The van der Waals surface area contributed by atoms with Crippen molar-refractivity contribution in [1.82, 2.24) is 0 Å². The smallest absolute Gasteiger partial charge is 0.262 e. The van der Waals surface area contributed by atoms with Gasteiger partial charge in [0.1, 0.15) is 6.61 Å². The number of carbonyl (C=O) groups excluding carboxylic acids is 1. The van der Waals surface area contributed by atoms with Crippen molar-refractivity contribution in [2.24, 2.45) is 0 Å². The average molecular weight is 433 g/mol. The molecular weight excluding hydrogens is 408 g/mol. The summed E-state index contributed by atoms with van der Waals surface area (Å²) in [5.41, 5.74) is 1.76. The van der Waals surface area contributed by atoms with Gasteiger partial charge in [0.2, 0.25) is 0 Å². The van der Waals surface area contributed by atoms with Gasteiger partial charge in [0, 0.05) is 16.6 Å². The summed E-state index contributed by atoms with van der Waals surface area (Å²) in [6.07, 6.45) is 0.440. The third-order valence-electron chi connectivity index (χ3n) is 4.31. The second kappa shape index (κ2) is 11.7. The van der Waals surface area contributed by atoms with Crippen molar-refractivity contribution < 1.29 is 14.3 Å². The molecule has 0 aliphatic heterocycles. The van der Waals surface area contributed by atoms with E-state index in [-0.39, 0.29) is 17.8 Å². The lowest BCUT2D eigenvalue weighted by Gasteiger charge is -2.15. The number of carbonyl (C=O) groups is 1. The zero-order valence-electron chi connectivity index (χ0n) is 17.3. The van der Waals surface area contributed by atoms with Gasteiger partial charge in [-0.25, -0.2) is 0 Å². The third kappa shape index (κ3) is 7.09. The Bertz CT molecular complexity index is 1030. The van der Waals surface area contributed by atoms with Gasteiger partial charge in [-0.2, -0.15) is 5.26 Å². The van der Waals surface area contributed by atoms with Crippen molar-refractivity contribution in [2.75, 3.05) is 11.9 Å². The number of benzene rings is 3. The number of thioether (sulfide) groups is 1. The molecule has 0 aliphatic carbocycles. The van der Waals surface area contributed by atoms with Crippen LogP contribution >= 0.6 is 11.8 Å². The van der Waals surface area contributed by atoms with Crippen molar-refractivity contribution >= 4 is 23.4 Å². The van der Waals surface area contributed by atoms with E-state index in [4.69, 9.17) is 14.7 Å². The van der Waals surface area contributed by atoms with Crippen LogP contribution in [-0.4, -0.2) is 17.8 Å². The molecule has 31 heavy (non-hydrogen) atoms. The SMILES string of the molecule is CC(CC#N)Sc1ccccc1NC(=O)COc1ccccc1OCc1ccccc1. The van der Waals surface area contributed by atoms with E-state index in [0.717, 1.165) is 10.5 Å². The standard InChI is InChI=1S/C25H24N2O3S/c1-19(15-16-26)31-24-14-8-5-11-21(24)27-25(28)18-30-23-13-7-6-12-22(23)29-17-20-9-3-2-4-10-20/h2-14,19H,15,17-18H2,1H3,(H,27,28). The molecule has 0 saturated heterocycles. The summed E-state index contributed by atoms with van der Waals surface area (Å²) in [5, 5.41) is 11.9. The summed E-state index contributed by atoms with van der Waals surface area (Å²) in [6, 6.07) is 26.9. The van der Waals surface area contributed by atoms with Crippen LogP contribution in [0.2, 0.25) is 0 Å². The third-order valence-corrected chi connectivity index (χ3v) is 5.49. The van der Waals surface area contributed by atoms with Crippen molar-refractivity contribution in [2.45, 2.75) is 30.1 Å². The first-order chi connectivity index (χ1) is 15.2. The van der Waals surface area contributed by atoms with Crippen molar-refractivity contribution in [1.29, 1.82) is 5.26 Å². The molecule has 0 bridgehead atoms. The van der Waals surface area contributed by atoms with Gasteiger partial charge in [-0.15, -0.1) is 11.8 Å². The second-order valence-corrected chi connectivity index (χ2v) is 8.32. The maximum Gasteiger partial charge on any atom is 0.262 e. The fourth-order valence-electron chi connectivity index (χ4n) is 2.81. The first kappa shape index (κ1) is 22.3. The highest BCUT2D eigenvalue weighted by Gasteiger charge is 2.12. The first-order valence-electron chi connectivity index (χ1n) is 9.96. The molecule has 0 fully saturated rings. The Morgan fingerprint density at radius 1 is 0.968 bits per heavy atom. The Morgan fingerprint density at radius 3 is 2.35 bits per heavy atom. The van der Waals surface area contributed by atoms with Gasteiger partial charge >= 0.3 is 0 Å². The van der Waals surface area contributed by atoms with E-state index in [0.29, 0.717) is 30.2 Å². The van der Waals surface area contributed by atoms with Gasteiger partial charge in [0.25, 0.3) is 5.91 Å². The van der Waals surface area contributed by atoms with E-state index in [1.807, 2.05) is 79.7 Å². The fourth-order valence-corrected chi connectivity index (χ4v) is 3.81. The van der Waals surface area contributed by atoms with Crippen molar-refractivity contribution in [3.63, 3.8) is 0 Å². The average Bonchev–Trinajstić information content (AvgIpc) is 2.79. The van der Waals surface area contributed by atoms with E-state index >= 15 is 0 Å². The number of nitrogens with one attached hydrogen (secondary N) is 1. The molecule has 0 aliphatic rings. The Labute approximate surface area is 187 Å². The second-order valence-electron chi connectivity index (χ2n) is 6.84. The van der Waals surface area contributed by atoms with Gasteiger partial charge in [0.05, 0.1) is 11.8 Å². The van der Waals surface area contributed by atoms with Crippen LogP contribution < -0.4 is 14.8 Å². The Kier molecular flexibility index (Phi) is 8.39. The molecule has 6 heteroatoms. The van der Waals surface area contributed by atoms with Gasteiger partial charge in [-0.1, -0.05) is 61.5 Å². The number of nitriles is 1. The topological polar surface area (TPSA) is 71.4 Å². The summed E-state index contributed by atoms with van der Waals surface area (Å²) in [4.78, 5) is 13.4. The van der Waals surface area contributed by atoms with Gasteiger partial charge in [-0.05, 0) is 29.8 Å². The van der Waals surface area contributed by atoms with Gasteiger partial charge in [0.15, 0.2) is 18.1 Å². The minimum Gasteiger partial charge on any atom is -0.485 e. The molecule has 0 spiro atoms. The molecule has 158 valence electrons. The van der Waals surface area contributed by atoms with Crippen LogP contribution in [-0.2, 0) is 11.4 Å². The molecule has 0 saturated carbocycles. The fraction of sp³-hybridized carbons (Fsp3) is 0.200. The molecule has 3 rings (SSSR count). The number of hydrogen-bond acceptors (Lipinski definition) is 5. The summed E-state index contributed by atoms with van der Waals surface area (Å²) >= 11 is 1.56. The zero-order valence-corrected chi connectivity index (χ0v) is 18.1. The number of rotatable bonds is 10. The van der Waals surface area contributed by atoms with Crippen LogP contribution in [0.3, 0.4) is 0 Å². The summed E-state index contributed by atoms with van der Waals surface area (Å²) in [7, 11) is 0. The highest BCUT2D eigenvalue weighted by molar-refractivity contribution is 8.00. The van der Waals surface area contributed by atoms with Crippen LogP contribution in [0.5, 0.6) is 11.5 Å². The molecule has 0 radical (unpaired) electrons. The Morgan fingerprint density at radius 2 is 1.61 bits per heavy atom. The molecule has 1 amide bonds. The highest BCUT2D eigenvalue weighted by Crippen LogP contribution is 2.32. The first-order valence-corrected chi connectivity index (χ1v) is 10.8. The largest absolute Gasteiger partial charge is 0.485 e. The molecule has 1 atom stereocenters. The number of amides is 1. The number of nitrogens with zero attached hydrogens (tertiary/aromatic N) is 1. The minimum absolute atomic E-state index is 0.132. The predicted molar refractivity (Wildman–Crippen MR) is 123 cm³/mol. The van der Waals surface area contributed by atoms with Crippen LogP contribution in [0.1, 0.15) is 18.9 Å². The lowest BCUT2D eigenvalue weighted by Crippen LogP contribution is -2.20. The van der Waals surface area contributed by atoms with E-state index in [1.54, 1.807) is 17.8 Å². The molecule has 0 heterocycles. The number of anilines is 1. The summed E-state index contributed by atoms with van der Waals surface area (Å²) < 4.78 is 11.6. The van der Waals surface area contributed by atoms with Crippen LogP contribution in [0.4, 0.5) is 5.69 Å². The number of para-hydroxylation sites is 3. The number of hydrogen-bond donors (Lipinski definition) is 1. The minimum atomic E-state index is -0.265. The number of ether oxygens (including phenoxy) is 2. The van der Waals surface area contributed by atoms with Crippen molar-refractivity contribution in [3.8, 4) is 17.6 Å². The molecule has 0 aromatic heterocycles. The van der Waals surface area contributed by atoms with E-state index in [2.05, 4.69) is 11.4 Å². The maximum atomic E-state index is 12.5. The zero-order chi connectivity index (χ0) is 21.9. The predicted octanol–water partition coefficient (Wildman–Crippen LogP) is 5.68. The molecule has 1 unspecified atom stereocenters. The molecule has 5 nitrogen and oxygen atoms in total. The quantitative estimate of drug-likeness (QED) is 0.418. The van der Waals surface area contributed by atoms with Gasteiger partial charge in [-0.3, -0.25) is 4.79 Å².